The van der Waals surface area contributed by atoms with E-state index >= 15 is 0 Å². The first-order valence-electron chi connectivity index (χ1n) is 4.15. The van der Waals surface area contributed by atoms with E-state index in [1.807, 2.05) is 6.08 Å². The van der Waals surface area contributed by atoms with Gasteiger partial charge in [-0.2, -0.15) is 0 Å². The van der Waals surface area contributed by atoms with Gasteiger partial charge in [-0.1, -0.05) is 0 Å². The highest BCUT2D eigenvalue weighted by molar-refractivity contribution is 5.96. The molecule has 1 unspecified atom stereocenters. The summed E-state index contributed by atoms with van der Waals surface area (Å²) in [4.78, 5) is 11.4. The number of Topliss-reactive ketones (excluding diaryl/α,β-unsaturated/α-hetero) is 1. The number of hydrogen-bond acceptors (Lipinski definition) is 3. The van der Waals surface area contributed by atoms with Crippen LogP contribution in [0.5, 0.6) is 0 Å². The first-order chi connectivity index (χ1) is 5.75. The molecule has 0 radical (unpaired) electrons. The molecular weight excluding hydrogens is 156 g/mol. The van der Waals surface area contributed by atoms with Crippen LogP contribution in [0.4, 0.5) is 0 Å². The lowest BCUT2D eigenvalue weighted by atomic mass is 10.1. The van der Waals surface area contributed by atoms with Crippen LogP contribution < -0.4 is 0 Å². The summed E-state index contributed by atoms with van der Waals surface area (Å²) in [6.07, 6.45) is 3.37. The third kappa shape index (κ3) is 2.08. The van der Waals surface area contributed by atoms with Crippen molar-refractivity contribution in [3.63, 3.8) is 0 Å². The van der Waals surface area contributed by atoms with Gasteiger partial charge >= 0.3 is 0 Å². The SMILES string of the molecule is COC(C)C(=O)C1=CCCCO1. The molecule has 0 aromatic carbocycles. The van der Waals surface area contributed by atoms with E-state index in [4.69, 9.17) is 9.47 Å². The molecule has 68 valence electrons. The van der Waals surface area contributed by atoms with Crippen molar-refractivity contribution in [1.29, 1.82) is 0 Å². The van der Waals surface area contributed by atoms with E-state index in [1.165, 1.54) is 7.11 Å². The van der Waals surface area contributed by atoms with Crippen LogP contribution in [0.25, 0.3) is 0 Å². The molecule has 0 N–H and O–H groups in total. The van der Waals surface area contributed by atoms with Crippen LogP contribution in [0.1, 0.15) is 19.8 Å². The predicted octanol–water partition coefficient (Wildman–Crippen LogP) is 1.28. The van der Waals surface area contributed by atoms with Crippen LogP contribution in [-0.2, 0) is 14.3 Å². The first kappa shape index (κ1) is 9.26. The van der Waals surface area contributed by atoms with E-state index in [-0.39, 0.29) is 5.78 Å². The third-order valence-electron chi connectivity index (χ3n) is 1.90. The maximum Gasteiger partial charge on any atom is 0.225 e. The van der Waals surface area contributed by atoms with Gasteiger partial charge < -0.3 is 9.47 Å². The summed E-state index contributed by atoms with van der Waals surface area (Å²) in [5.74, 6) is 0.410. The number of ketones is 1. The molecule has 3 heteroatoms. The van der Waals surface area contributed by atoms with Gasteiger partial charge in [0.25, 0.3) is 0 Å². The Morgan fingerprint density at radius 1 is 1.75 bits per heavy atom. The van der Waals surface area contributed by atoms with Gasteiger partial charge in [0.1, 0.15) is 6.10 Å². The minimum absolute atomic E-state index is 0.0581. The quantitative estimate of drug-likeness (QED) is 0.640. The normalized spacial score (nSPS) is 19.3. The van der Waals surface area contributed by atoms with Crippen molar-refractivity contribution in [3.05, 3.63) is 11.8 Å². The highest BCUT2D eigenvalue weighted by Gasteiger charge is 2.19. The molecule has 0 aromatic rings. The number of carbonyl (C=O) groups excluding carboxylic acids is 1. The van der Waals surface area contributed by atoms with Gasteiger partial charge in [-0.05, 0) is 25.8 Å². The average Bonchev–Trinajstić information content (AvgIpc) is 2.17. The van der Waals surface area contributed by atoms with Gasteiger partial charge in [0.05, 0.1) is 6.61 Å². The van der Waals surface area contributed by atoms with Gasteiger partial charge in [0.2, 0.25) is 5.78 Å². The molecule has 0 amide bonds. The van der Waals surface area contributed by atoms with Crippen molar-refractivity contribution in [3.8, 4) is 0 Å². The molecule has 1 aliphatic rings. The predicted molar refractivity (Wildman–Crippen MR) is 44.7 cm³/mol. The topological polar surface area (TPSA) is 35.5 Å². The smallest absolute Gasteiger partial charge is 0.225 e. The first-order valence-corrected chi connectivity index (χ1v) is 4.15. The second-order valence-electron chi connectivity index (χ2n) is 2.80. The van der Waals surface area contributed by atoms with Crippen LogP contribution in [0.15, 0.2) is 11.8 Å². The highest BCUT2D eigenvalue weighted by atomic mass is 16.5. The highest BCUT2D eigenvalue weighted by Crippen LogP contribution is 2.12. The lowest BCUT2D eigenvalue weighted by molar-refractivity contribution is -0.127. The van der Waals surface area contributed by atoms with Gasteiger partial charge in [-0.15, -0.1) is 0 Å². The Morgan fingerprint density at radius 2 is 2.50 bits per heavy atom. The zero-order chi connectivity index (χ0) is 8.97. The average molecular weight is 170 g/mol. The van der Waals surface area contributed by atoms with Crippen molar-refractivity contribution in [2.45, 2.75) is 25.9 Å². The molecule has 1 heterocycles. The Balaban J connectivity index is 2.56. The monoisotopic (exact) mass is 170 g/mol. The van der Waals surface area contributed by atoms with Crippen LogP contribution in [0.2, 0.25) is 0 Å². The number of hydrogen-bond donors (Lipinski definition) is 0. The number of rotatable bonds is 3. The Labute approximate surface area is 72.4 Å². The fourth-order valence-corrected chi connectivity index (χ4v) is 1.04. The van der Waals surface area contributed by atoms with Crippen molar-refractivity contribution < 1.29 is 14.3 Å². The second kappa shape index (κ2) is 4.26. The van der Waals surface area contributed by atoms with Crippen molar-refractivity contribution in [2.24, 2.45) is 0 Å². The molecule has 1 rings (SSSR count). The second-order valence-corrected chi connectivity index (χ2v) is 2.80. The number of ether oxygens (including phenoxy) is 2. The van der Waals surface area contributed by atoms with Gasteiger partial charge in [0.15, 0.2) is 5.76 Å². The standard InChI is InChI=1S/C9H14O3/c1-7(11-2)9(10)8-5-3-4-6-12-8/h5,7H,3-4,6H2,1-2H3. The maximum atomic E-state index is 11.4. The van der Waals surface area contributed by atoms with Gasteiger partial charge in [-0.3, -0.25) is 4.79 Å². The number of allylic oxidation sites excluding steroid dienone is 1. The summed E-state index contributed by atoms with van der Waals surface area (Å²) >= 11 is 0. The van der Waals surface area contributed by atoms with E-state index in [0.29, 0.717) is 12.4 Å². The zero-order valence-electron chi connectivity index (χ0n) is 7.50. The zero-order valence-corrected chi connectivity index (χ0v) is 7.50. The van der Waals surface area contributed by atoms with Crippen LogP contribution in [-0.4, -0.2) is 25.6 Å². The minimum Gasteiger partial charge on any atom is -0.490 e. The van der Waals surface area contributed by atoms with Crippen molar-refractivity contribution in [1.82, 2.24) is 0 Å². The Morgan fingerprint density at radius 3 is 3.00 bits per heavy atom. The van der Waals surface area contributed by atoms with Gasteiger partial charge in [0, 0.05) is 7.11 Å². The van der Waals surface area contributed by atoms with Crippen LogP contribution in [0.3, 0.4) is 0 Å². The van der Waals surface area contributed by atoms with Crippen molar-refractivity contribution in [2.75, 3.05) is 13.7 Å². The molecule has 12 heavy (non-hydrogen) atoms. The van der Waals surface area contributed by atoms with E-state index < -0.39 is 6.10 Å². The lowest BCUT2D eigenvalue weighted by Crippen LogP contribution is -2.23. The van der Waals surface area contributed by atoms with Crippen LogP contribution in [0, 0.1) is 0 Å². The summed E-state index contributed by atoms with van der Waals surface area (Å²) < 4.78 is 10.1. The Bertz CT molecular complexity index is 196. The lowest BCUT2D eigenvalue weighted by Gasteiger charge is -2.16. The summed E-state index contributed by atoms with van der Waals surface area (Å²) in [5.41, 5.74) is 0. The largest absolute Gasteiger partial charge is 0.490 e. The fourth-order valence-electron chi connectivity index (χ4n) is 1.04. The summed E-state index contributed by atoms with van der Waals surface area (Å²) in [7, 11) is 1.52. The number of carbonyl (C=O) groups is 1. The summed E-state index contributed by atoms with van der Waals surface area (Å²) in [6, 6.07) is 0. The molecule has 0 bridgehead atoms. The van der Waals surface area contributed by atoms with Crippen LogP contribution >= 0.6 is 0 Å². The molecule has 1 aliphatic heterocycles. The molecule has 0 aliphatic carbocycles. The molecule has 0 aromatic heterocycles. The Hall–Kier alpha value is -0.830. The van der Waals surface area contributed by atoms with E-state index in [1.54, 1.807) is 6.92 Å². The molecule has 0 saturated heterocycles. The molecule has 1 atom stereocenters. The van der Waals surface area contributed by atoms with E-state index in [9.17, 15) is 4.79 Å². The molecule has 3 nitrogen and oxygen atoms in total. The molecule has 0 fully saturated rings. The maximum absolute atomic E-state index is 11.4. The van der Waals surface area contributed by atoms with Crippen molar-refractivity contribution >= 4 is 5.78 Å². The summed E-state index contributed by atoms with van der Waals surface area (Å²) in [6.45, 7) is 2.37. The summed E-state index contributed by atoms with van der Waals surface area (Å²) in [5, 5.41) is 0. The van der Waals surface area contributed by atoms with E-state index in [0.717, 1.165) is 12.8 Å². The molecule has 0 spiro atoms. The molecular formula is C9H14O3. The van der Waals surface area contributed by atoms with E-state index in [2.05, 4.69) is 0 Å². The fraction of sp³-hybridized carbons (Fsp3) is 0.667. The van der Waals surface area contributed by atoms with Gasteiger partial charge in [-0.25, -0.2) is 0 Å². The number of methoxy groups -OCH3 is 1. The minimum atomic E-state index is -0.394. The third-order valence-corrected chi connectivity index (χ3v) is 1.90. The molecule has 0 saturated carbocycles. The Kier molecular flexibility index (Phi) is 3.29.